The molecule has 0 spiro atoms. The van der Waals surface area contributed by atoms with Crippen molar-refractivity contribution in [2.45, 2.75) is 44.9 Å². The summed E-state index contributed by atoms with van der Waals surface area (Å²) in [6.07, 6.45) is 5.75. The number of benzene rings is 2. The lowest BCUT2D eigenvalue weighted by Gasteiger charge is -2.07. The largest absolute Gasteiger partial charge is 0.481 e. The molecule has 0 amide bonds. The van der Waals surface area contributed by atoms with Crippen LogP contribution in [-0.2, 0) is 11.2 Å². The Morgan fingerprint density at radius 3 is 2.32 bits per heavy atom. The van der Waals surface area contributed by atoms with Crippen molar-refractivity contribution in [1.29, 1.82) is 0 Å². The van der Waals surface area contributed by atoms with E-state index in [1.54, 1.807) is 36.4 Å². The molecule has 2 aromatic rings. The van der Waals surface area contributed by atoms with Gasteiger partial charge in [-0.1, -0.05) is 55.7 Å². The van der Waals surface area contributed by atoms with Gasteiger partial charge >= 0.3 is 5.97 Å². The van der Waals surface area contributed by atoms with Crippen LogP contribution in [0.5, 0.6) is 0 Å². The van der Waals surface area contributed by atoms with E-state index in [0.29, 0.717) is 11.3 Å². The average molecular weight is 339 g/mol. The molecule has 0 saturated heterocycles. The van der Waals surface area contributed by atoms with Gasteiger partial charge in [-0.05, 0) is 36.5 Å². The molecule has 0 unspecified atom stereocenters. The van der Waals surface area contributed by atoms with Crippen molar-refractivity contribution in [1.82, 2.24) is 0 Å². The van der Waals surface area contributed by atoms with Gasteiger partial charge in [0.1, 0.15) is 5.82 Å². The Balaban J connectivity index is 1.83. The first-order valence-electron chi connectivity index (χ1n) is 8.58. The number of hydrogen-bond acceptors (Lipinski definition) is 1. The number of carboxylic acids is 1. The van der Waals surface area contributed by atoms with E-state index in [1.807, 2.05) is 6.07 Å². The summed E-state index contributed by atoms with van der Waals surface area (Å²) in [6, 6.07) is 12.3. The number of aliphatic carboxylic acids is 1. The van der Waals surface area contributed by atoms with Crippen LogP contribution in [0.25, 0.3) is 16.0 Å². The molecule has 0 aliphatic carbocycles. The van der Waals surface area contributed by atoms with Crippen molar-refractivity contribution in [2.75, 3.05) is 0 Å². The number of nitrogens with zero attached hydrogens (tertiary/aromatic N) is 1. The summed E-state index contributed by atoms with van der Waals surface area (Å²) in [5, 5.41) is 8.57. The van der Waals surface area contributed by atoms with Crippen LogP contribution >= 0.6 is 0 Å². The van der Waals surface area contributed by atoms with Crippen LogP contribution in [0.4, 0.5) is 10.1 Å². The van der Waals surface area contributed by atoms with Crippen LogP contribution in [0.1, 0.15) is 44.1 Å². The lowest BCUT2D eigenvalue weighted by Crippen LogP contribution is -1.94. The number of halogens is 1. The first kappa shape index (κ1) is 18.7. The van der Waals surface area contributed by atoms with Crippen LogP contribution in [0, 0.1) is 12.4 Å². The molecule has 0 bridgehead atoms. The molecule has 0 atom stereocenters. The molecule has 0 radical (unpaired) electrons. The second kappa shape index (κ2) is 9.58. The second-order valence-corrected chi connectivity index (χ2v) is 6.13. The van der Waals surface area contributed by atoms with Crippen molar-refractivity contribution in [2.24, 2.45) is 0 Å². The summed E-state index contributed by atoms with van der Waals surface area (Å²) in [4.78, 5) is 13.8. The molecule has 0 aromatic heterocycles. The predicted octanol–water partition coefficient (Wildman–Crippen LogP) is 6.01. The first-order chi connectivity index (χ1) is 12.1. The van der Waals surface area contributed by atoms with Crippen molar-refractivity contribution < 1.29 is 14.3 Å². The Hall–Kier alpha value is -2.67. The highest BCUT2D eigenvalue weighted by atomic mass is 19.1. The van der Waals surface area contributed by atoms with Crippen molar-refractivity contribution in [3.8, 4) is 11.1 Å². The molecule has 0 saturated carbocycles. The van der Waals surface area contributed by atoms with Gasteiger partial charge in [-0.25, -0.2) is 9.24 Å². The molecule has 0 aliphatic heterocycles. The fourth-order valence-electron chi connectivity index (χ4n) is 2.80. The molecule has 4 heteroatoms. The minimum atomic E-state index is -0.737. The quantitative estimate of drug-likeness (QED) is 0.449. The molecular weight excluding hydrogens is 317 g/mol. The molecule has 2 aromatic carbocycles. The first-order valence-corrected chi connectivity index (χ1v) is 8.58. The molecule has 2 rings (SSSR count). The number of rotatable bonds is 9. The molecule has 25 heavy (non-hydrogen) atoms. The summed E-state index contributed by atoms with van der Waals surface area (Å²) >= 11 is 0. The normalized spacial score (nSPS) is 10.4. The van der Waals surface area contributed by atoms with E-state index in [4.69, 9.17) is 11.7 Å². The third kappa shape index (κ3) is 6.04. The van der Waals surface area contributed by atoms with E-state index >= 15 is 0 Å². The van der Waals surface area contributed by atoms with Crippen LogP contribution in [0.2, 0.25) is 0 Å². The number of unbranched alkanes of at least 4 members (excludes halogenated alkanes) is 4. The fraction of sp³-hybridized carbons (Fsp3) is 0.333. The van der Waals surface area contributed by atoms with Gasteiger partial charge in [-0.3, -0.25) is 4.79 Å². The van der Waals surface area contributed by atoms with Gasteiger partial charge in [0.15, 0.2) is 5.69 Å². The summed E-state index contributed by atoms with van der Waals surface area (Å²) in [7, 11) is 0. The van der Waals surface area contributed by atoms with Gasteiger partial charge < -0.3 is 5.11 Å². The summed E-state index contributed by atoms with van der Waals surface area (Å²) in [5.41, 5.74) is 2.84. The van der Waals surface area contributed by atoms with Gasteiger partial charge in [0.2, 0.25) is 0 Å². The lowest BCUT2D eigenvalue weighted by atomic mass is 10.00. The maximum Gasteiger partial charge on any atom is 0.303 e. The Bertz CT molecular complexity index is 747. The standard InChI is InChI=1S/C21H22FNO2/c1-23-18-12-10-17(11-13-18)19-14-9-16(15-20(19)22)7-5-3-2-4-6-8-21(24)25/h9-15H,2-8H2,(H,24,25). The zero-order valence-corrected chi connectivity index (χ0v) is 14.2. The summed E-state index contributed by atoms with van der Waals surface area (Å²) in [5.74, 6) is -0.978. The van der Waals surface area contributed by atoms with E-state index < -0.39 is 5.97 Å². The fourth-order valence-corrected chi connectivity index (χ4v) is 2.80. The van der Waals surface area contributed by atoms with Crippen molar-refractivity contribution in [3.05, 3.63) is 65.3 Å². The molecule has 3 nitrogen and oxygen atoms in total. The number of hydrogen-bond donors (Lipinski definition) is 1. The molecule has 0 fully saturated rings. The minimum Gasteiger partial charge on any atom is -0.481 e. The minimum absolute atomic E-state index is 0.240. The highest BCUT2D eigenvalue weighted by Crippen LogP contribution is 2.26. The van der Waals surface area contributed by atoms with Crippen LogP contribution in [0.15, 0.2) is 42.5 Å². The topological polar surface area (TPSA) is 41.7 Å². The van der Waals surface area contributed by atoms with E-state index in [0.717, 1.165) is 49.7 Å². The van der Waals surface area contributed by atoms with Crippen LogP contribution < -0.4 is 0 Å². The van der Waals surface area contributed by atoms with E-state index in [2.05, 4.69) is 4.85 Å². The van der Waals surface area contributed by atoms with E-state index in [1.165, 1.54) is 0 Å². The lowest BCUT2D eigenvalue weighted by molar-refractivity contribution is -0.137. The van der Waals surface area contributed by atoms with Gasteiger partial charge in [0, 0.05) is 12.0 Å². The second-order valence-electron chi connectivity index (χ2n) is 6.13. The van der Waals surface area contributed by atoms with Crippen LogP contribution in [0.3, 0.4) is 0 Å². The molecule has 0 heterocycles. The maximum absolute atomic E-state index is 14.4. The Morgan fingerprint density at radius 2 is 1.68 bits per heavy atom. The molecule has 1 N–H and O–H groups in total. The Labute approximate surface area is 147 Å². The Morgan fingerprint density at radius 1 is 1.00 bits per heavy atom. The summed E-state index contributed by atoms with van der Waals surface area (Å²) in [6.45, 7) is 6.95. The number of carboxylic acid groups (broad SMARTS) is 1. The molecular formula is C21H22FNO2. The van der Waals surface area contributed by atoms with Gasteiger partial charge in [0.25, 0.3) is 0 Å². The van der Waals surface area contributed by atoms with Gasteiger partial charge in [-0.2, -0.15) is 0 Å². The highest BCUT2D eigenvalue weighted by Gasteiger charge is 2.06. The van der Waals surface area contributed by atoms with Crippen molar-refractivity contribution in [3.63, 3.8) is 0 Å². The summed E-state index contributed by atoms with van der Waals surface area (Å²) < 4.78 is 14.4. The SMILES string of the molecule is [C-]#[N+]c1ccc(-c2ccc(CCCCCCCC(=O)O)cc2F)cc1. The smallest absolute Gasteiger partial charge is 0.303 e. The highest BCUT2D eigenvalue weighted by molar-refractivity contribution is 5.67. The molecule has 130 valence electrons. The van der Waals surface area contributed by atoms with Crippen LogP contribution in [-0.4, -0.2) is 11.1 Å². The average Bonchev–Trinajstić information content (AvgIpc) is 2.61. The zero-order valence-electron chi connectivity index (χ0n) is 14.2. The van der Waals surface area contributed by atoms with E-state index in [-0.39, 0.29) is 12.2 Å². The maximum atomic E-state index is 14.4. The Kier molecular flexibility index (Phi) is 7.16. The number of carbonyl (C=O) groups is 1. The zero-order chi connectivity index (χ0) is 18.1. The number of aryl methyl sites for hydroxylation is 1. The van der Waals surface area contributed by atoms with E-state index in [9.17, 15) is 9.18 Å². The van der Waals surface area contributed by atoms with Gasteiger partial charge in [0.05, 0.1) is 6.57 Å². The third-order valence-electron chi connectivity index (χ3n) is 4.20. The predicted molar refractivity (Wildman–Crippen MR) is 97.1 cm³/mol. The third-order valence-corrected chi connectivity index (χ3v) is 4.20. The monoisotopic (exact) mass is 339 g/mol. The molecule has 0 aliphatic rings. The van der Waals surface area contributed by atoms with Gasteiger partial charge in [-0.15, -0.1) is 0 Å². The van der Waals surface area contributed by atoms with Crippen molar-refractivity contribution >= 4 is 11.7 Å².